The Hall–Kier alpha value is -4.01. The van der Waals surface area contributed by atoms with Gasteiger partial charge in [-0.2, -0.15) is 0 Å². The van der Waals surface area contributed by atoms with Crippen molar-refractivity contribution in [3.8, 4) is 22.4 Å². The number of hydrogen-bond donors (Lipinski definition) is 2. The normalized spacial score (nSPS) is 11.1. The van der Waals surface area contributed by atoms with E-state index in [0.29, 0.717) is 33.1 Å². The van der Waals surface area contributed by atoms with Gasteiger partial charge in [-0.15, -0.1) is 0 Å². The highest BCUT2D eigenvalue weighted by Crippen LogP contribution is 2.31. The van der Waals surface area contributed by atoms with Gasteiger partial charge in [0, 0.05) is 29.3 Å². The molecule has 1 amide bonds. The highest BCUT2D eigenvalue weighted by atomic mass is 35.5. The van der Waals surface area contributed by atoms with Crippen molar-refractivity contribution in [2.24, 2.45) is 0 Å². The maximum Gasteiger partial charge on any atom is 0.335 e. The molecule has 0 bridgehead atoms. The van der Waals surface area contributed by atoms with E-state index in [-0.39, 0.29) is 16.0 Å². The number of halogens is 1. The summed E-state index contributed by atoms with van der Waals surface area (Å²) in [4.78, 5) is 28.8. The van der Waals surface area contributed by atoms with E-state index >= 15 is 0 Å². The van der Waals surface area contributed by atoms with Crippen LogP contribution in [-0.4, -0.2) is 36.6 Å². The molecular weight excluding hydrogens is 488 g/mol. The number of aromatic carboxylic acids is 1. The summed E-state index contributed by atoms with van der Waals surface area (Å²) in [5, 5.41) is 12.5. The number of carboxylic acid groups (broad SMARTS) is 1. The van der Waals surface area contributed by atoms with E-state index in [2.05, 4.69) is 10.3 Å². The van der Waals surface area contributed by atoms with Crippen LogP contribution in [0, 0.1) is 0 Å². The molecule has 0 spiro atoms. The topological polar surface area (TPSA) is 113 Å². The average molecular weight is 507 g/mol. The Kier molecular flexibility index (Phi) is 6.68. The summed E-state index contributed by atoms with van der Waals surface area (Å²) in [6.45, 7) is 0. The quantitative estimate of drug-likeness (QED) is 0.361. The second-order valence-corrected chi connectivity index (χ2v) is 10.1. The number of aromatic nitrogens is 1. The largest absolute Gasteiger partial charge is 0.478 e. The van der Waals surface area contributed by atoms with Crippen molar-refractivity contribution in [2.75, 3.05) is 11.6 Å². The molecule has 1 heterocycles. The van der Waals surface area contributed by atoms with Gasteiger partial charge in [0.15, 0.2) is 9.84 Å². The Morgan fingerprint density at radius 2 is 1.66 bits per heavy atom. The molecule has 4 rings (SSSR count). The summed E-state index contributed by atoms with van der Waals surface area (Å²) < 4.78 is 24.3. The third-order valence-corrected chi connectivity index (χ3v) is 6.71. The molecule has 0 fully saturated rings. The number of pyridine rings is 1. The second kappa shape index (κ2) is 9.69. The number of amides is 1. The van der Waals surface area contributed by atoms with Gasteiger partial charge in [0.05, 0.1) is 21.2 Å². The molecule has 2 N–H and O–H groups in total. The van der Waals surface area contributed by atoms with E-state index < -0.39 is 21.7 Å². The summed E-state index contributed by atoms with van der Waals surface area (Å²) in [6, 6.07) is 20.5. The predicted octanol–water partition coefficient (Wildman–Crippen LogP) is 5.42. The molecule has 0 atom stereocenters. The minimum absolute atomic E-state index is 0.0373. The molecular formula is C26H19ClN2O5S. The lowest BCUT2D eigenvalue weighted by Gasteiger charge is -2.13. The van der Waals surface area contributed by atoms with Crippen LogP contribution < -0.4 is 5.32 Å². The number of carbonyl (C=O) groups excluding carboxylic acids is 1. The van der Waals surface area contributed by atoms with Crippen molar-refractivity contribution in [1.82, 2.24) is 4.98 Å². The van der Waals surface area contributed by atoms with Gasteiger partial charge in [-0.3, -0.25) is 9.78 Å². The number of carbonyl (C=O) groups is 2. The fraction of sp³-hybridized carbons (Fsp3) is 0.0385. The van der Waals surface area contributed by atoms with Gasteiger partial charge in [0.2, 0.25) is 0 Å². The maximum atomic E-state index is 13.3. The van der Waals surface area contributed by atoms with Crippen molar-refractivity contribution in [3.63, 3.8) is 0 Å². The van der Waals surface area contributed by atoms with Crippen LogP contribution in [0.3, 0.4) is 0 Å². The van der Waals surface area contributed by atoms with E-state index in [0.717, 1.165) is 6.26 Å². The number of benzene rings is 3. The number of hydrogen-bond acceptors (Lipinski definition) is 5. The molecule has 1 aromatic heterocycles. The number of anilines is 1. The van der Waals surface area contributed by atoms with Crippen molar-refractivity contribution < 1.29 is 23.1 Å². The maximum absolute atomic E-state index is 13.3. The Morgan fingerprint density at radius 3 is 2.29 bits per heavy atom. The molecule has 0 aliphatic rings. The zero-order valence-corrected chi connectivity index (χ0v) is 20.0. The highest BCUT2D eigenvalue weighted by molar-refractivity contribution is 7.90. The standard InChI is InChI=1S/C26H19ClN2O5S/c1-35(33,34)19-10-11-20(21(15-19)16-5-7-17(8-6-16)26(31)32)25(30)29-18-9-12-23(27)22(14-18)24-4-2-3-13-28-24/h2-15H,1H3,(H,29,30)(H,31,32). The van der Waals surface area contributed by atoms with Crippen LogP contribution in [0.15, 0.2) is 90.0 Å². The van der Waals surface area contributed by atoms with Gasteiger partial charge in [-0.05, 0) is 71.8 Å². The smallest absolute Gasteiger partial charge is 0.335 e. The molecule has 0 radical (unpaired) electrons. The second-order valence-electron chi connectivity index (χ2n) is 7.73. The lowest BCUT2D eigenvalue weighted by Crippen LogP contribution is -2.14. The molecule has 4 aromatic rings. The first-order valence-electron chi connectivity index (χ1n) is 10.3. The Morgan fingerprint density at radius 1 is 0.914 bits per heavy atom. The summed E-state index contributed by atoms with van der Waals surface area (Å²) >= 11 is 6.33. The zero-order chi connectivity index (χ0) is 25.2. The zero-order valence-electron chi connectivity index (χ0n) is 18.4. The molecule has 0 unspecified atom stereocenters. The van der Waals surface area contributed by atoms with Gasteiger partial charge >= 0.3 is 5.97 Å². The van der Waals surface area contributed by atoms with Crippen molar-refractivity contribution >= 4 is 39.0 Å². The summed E-state index contributed by atoms with van der Waals surface area (Å²) in [5.74, 6) is -1.57. The molecule has 0 saturated carbocycles. The molecule has 35 heavy (non-hydrogen) atoms. The van der Waals surface area contributed by atoms with Gasteiger partial charge in [-0.1, -0.05) is 29.8 Å². The van der Waals surface area contributed by atoms with Crippen molar-refractivity contribution in [3.05, 3.63) is 101 Å². The number of sulfone groups is 1. The Balaban J connectivity index is 1.74. The van der Waals surface area contributed by atoms with Crippen LogP contribution >= 0.6 is 11.6 Å². The Bertz CT molecular complexity index is 1540. The third-order valence-electron chi connectivity index (χ3n) is 5.27. The molecule has 7 nitrogen and oxygen atoms in total. The monoisotopic (exact) mass is 506 g/mol. The van der Waals surface area contributed by atoms with E-state index in [1.807, 2.05) is 6.07 Å². The van der Waals surface area contributed by atoms with Crippen molar-refractivity contribution in [2.45, 2.75) is 4.90 Å². The van der Waals surface area contributed by atoms with E-state index in [4.69, 9.17) is 11.6 Å². The molecule has 3 aromatic carbocycles. The first-order valence-corrected chi connectivity index (χ1v) is 12.6. The number of rotatable bonds is 6. The number of nitrogens with zero attached hydrogens (tertiary/aromatic N) is 1. The summed E-state index contributed by atoms with van der Waals surface area (Å²) in [7, 11) is -3.54. The molecule has 0 saturated heterocycles. The van der Waals surface area contributed by atoms with Gasteiger partial charge in [0.1, 0.15) is 0 Å². The van der Waals surface area contributed by atoms with Crippen LogP contribution in [0.2, 0.25) is 5.02 Å². The fourth-order valence-corrected chi connectivity index (χ4v) is 4.36. The van der Waals surface area contributed by atoms with E-state index in [9.17, 15) is 23.1 Å². The minimum atomic E-state index is -3.54. The third kappa shape index (κ3) is 5.40. The molecule has 176 valence electrons. The van der Waals surface area contributed by atoms with Gasteiger partial charge in [-0.25, -0.2) is 13.2 Å². The van der Waals surface area contributed by atoms with Crippen LogP contribution in [0.25, 0.3) is 22.4 Å². The molecule has 0 aliphatic carbocycles. The summed E-state index contributed by atoms with van der Waals surface area (Å²) in [6.07, 6.45) is 2.72. The van der Waals surface area contributed by atoms with Crippen LogP contribution in [0.1, 0.15) is 20.7 Å². The lowest BCUT2D eigenvalue weighted by atomic mass is 9.98. The first kappa shape index (κ1) is 24.1. The SMILES string of the molecule is CS(=O)(=O)c1ccc(C(=O)Nc2ccc(Cl)c(-c3ccccn3)c2)c(-c2ccc(C(=O)O)cc2)c1. The summed E-state index contributed by atoms with van der Waals surface area (Å²) in [5.41, 5.74) is 2.89. The van der Waals surface area contributed by atoms with Crippen molar-refractivity contribution in [1.29, 1.82) is 0 Å². The van der Waals surface area contributed by atoms with Crippen LogP contribution in [0.4, 0.5) is 5.69 Å². The highest BCUT2D eigenvalue weighted by Gasteiger charge is 2.18. The average Bonchev–Trinajstić information content (AvgIpc) is 2.85. The van der Waals surface area contributed by atoms with E-state index in [1.165, 1.54) is 42.5 Å². The molecule has 9 heteroatoms. The number of carboxylic acids is 1. The van der Waals surface area contributed by atoms with Gasteiger partial charge < -0.3 is 10.4 Å². The lowest BCUT2D eigenvalue weighted by molar-refractivity contribution is 0.0696. The van der Waals surface area contributed by atoms with Gasteiger partial charge in [0.25, 0.3) is 5.91 Å². The number of nitrogens with one attached hydrogen (secondary N) is 1. The van der Waals surface area contributed by atoms with Crippen LogP contribution in [0.5, 0.6) is 0 Å². The predicted molar refractivity (Wildman–Crippen MR) is 135 cm³/mol. The van der Waals surface area contributed by atoms with Crippen LogP contribution in [-0.2, 0) is 9.84 Å². The molecule has 0 aliphatic heterocycles. The Labute approximate surface area is 207 Å². The first-order chi connectivity index (χ1) is 16.6. The van der Waals surface area contributed by atoms with E-state index in [1.54, 1.807) is 36.5 Å². The minimum Gasteiger partial charge on any atom is -0.478 e. The fourth-order valence-electron chi connectivity index (χ4n) is 3.50.